The SMILES string of the molecule is CCC(CCc1cccc(C(F)(F)F)c1)CCC(CN)C(=O)O. The summed E-state index contributed by atoms with van der Waals surface area (Å²) in [6, 6.07) is 5.38. The van der Waals surface area contributed by atoms with Crippen LogP contribution in [0.1, 0.15) is 43.7 Å². The summed E-state index contributed by atoms with van der Waals surface area (Å²) in [5.74, 6) is -1.14. The number of nitrogens with two attached hydrogens (primary N) is 1. The van der Waals surface area contributed by atoms with Crippen molar-refractivity contribution in [2.24, 2.45) is 17.6 Å². The van der Waals surface area contributed by atoms with Crippen molar-refractivity contribution < 1.29 is 23.1 Å². The molecule has 0 heterocycles. The van der Waals surface area contributed by atoms with Crippen LogP contribution in [0.2, 0.25) is 0 Å². The molecule has 2 atom stereocenters. The average molecular weight is 331 g/mol. The molecule has 3 nitrogen and oxygen atoms in total. The Bertz CT molecular complexity index is 503. The molecule has 1 aromatic carbocycles. The summed E-state index contributed by atoms with van der Waals surface area (Å²) in [4.78, 5) is 11.0. The van der Waals surface area contributed by atoms with Gasteiger partial charge in [0.15, 0.2) is 0 Å². The van der Waals surface area contributed by atoms with Gasteiger partial charge in [0.25, 0.3) is 0 Å². The van der Waals surface area contributed by atoms with Gasteiger partial charge in [0.2, 0.25) is 0 Å². The maximum atomic E-state index is 12.7. The Hall–Kier alpha value is -1.56. The first-order valence-electron chi connectivity index (χ1n) is 7.86. The van der Waals surface area contributed by atoms with Gasteiger partial charge in [-0.3, -0.25) is 4.79 Å². The molecule has 0 aliphatic carbocycles. The average Bonchev–Trinajstić information content (AvgIpc) is 2.50. The Morgan fingerprint density at radius 3 is 2.48 bits per heavy atom. The first-order valence-corrected chi connectivity index (χ1v) is 7.86. The third-order valence-electron chi connectivity index (χ3n) is 4.23. The predicted molar refractivity (Wildman–Crippen MR) is 83.0 cm³/mol. The number of carbonyl (C=O) groups is 1. The van der Waals surface area contributed by atoms with Crippen molar-refractivity contribution in [2.75, 3.05) is 6.54 Å². The van der Waals surface area contributed by atoms with E-state index < -0.39 is 23.6 Å². The minimum atomic E-state index is -4.32. The van der Waals surface area contributed by atoms with Crippen LogP contribution in [0.4, 0.5) is 13.2 Å². The molecule has 130 valence electrons. The highest BCUT2D eigenvalue weighted by atomic mass is 19.4. The highest BCUT2D eigenvalue weighted by Crippen LogP contribution is 2.30. The maximum Gasteiger partial charge on any atom is 0.416 e. The van der Waals surface area contributed by atoms with Crippen LogP contribution in [0, 0.1) is 11.8 Å². The van der Waals surface area contributed by atoms with Crippen molar-refractivity contribution in [2.45, 2.75) is 45.2 Å². The van der Waals surface area contributed by atoms with Gasteiger partial charge in [0, 0.05) is 6.54 Å². The van der Waals surface area contributed by atoms with E-state index in [2.05, 4.69) is 0 Å². The van der Waals surface area contributed by atoms with Gasteiger partial charge in [-0.25, -0.2) is 0 Å². The minimum absolute atomic E-state index is 0.111. The zero-order valence-electron chi connectivity index (χ0n) is 13.3. The van der Waals surface area contributed by atoms with Crippen molar-refractivity contribution in [3.8, 4) is 0 Å². The molecule has 2 unspecified atom stereocenters. The molecule has 0 aliphatic heterocycles. The van der Waals surface area contributed by atoms with E-state index in [1.54, 1.807) is 6.07 Å². The summed E-state index contributed by atoms with van der Waals surface area (Å²) in [5.41, 5.74) is 5.47. The van der Waals surface area contributed by atoms with E-state index >= 15 is 0 Å². The fourth-order valence-corrected chi connectivity index (χ4v) is 2.61. The van der Waals surface area contributed by atoms with E-state index in [0.29, 0.717) is 18.4 Å². The fourth-order valence-electron chi connectivity index (χ4n) is 2.61. The van der Waals surface area contributed by atoms with Gasteiger partial charge in [-0.2, -0.15) is 13.2 Å². The Labute approximate surface area is 134 Å². The highest BCUT2D eigenvalue weighted by Gasteiger charge is 2.30. The predicted octanol–water partition coefficient (Wildman–Crippen LogP) is 4.10. The van der Waals surface area contributed by atoms with Crippen molar-refractivity contribution in [3.05, 3.63) is 35.4 Å². The van der Waals surface area contributed by atoms with E-state index in [-0.39, 0.29) is 12.5 Å². The van der Waals surface area contributed by atoms with Gasteiger partial charge in [-0.15, -0.1) is 0 Å². The number of halogens is 3. The smallest absolute Gasteiger partial charge is 0.416 e. The number of alkyl halides is 3. The lowest BCUT2D eigenvalue weighted by Gasteiger charge is -2.17. The standard InChI is InChI=1S/C17H24F3NO2/c1-2-12(8-9-14(11-21)16(22)23)6-7-13-4-3-5-15(10-13)17(18,19)20/h3-5,10,12,14H,2,6-9,11,21H2,1H3,(H,22,23). The molecule has 0 bridgehead atoms. The molecule has 0 spiro atoms. The molecule has 0 aliphatic rings. The van der Waals surface area contributed by atoms with Crippen molar-refractivity contribution >= 4 is 5.97 Å². The number of rotatable bonds is 9. The molecular formula is C17H24F3NO2. The van der Waals surface area contributed by atoms with Crippen molar-refractivity contribution in [1.82, 2.24) is 0 Å². The topological polar surface area (TPSA) is 63.3 Å². The monoisotopic (exact) mass is 331 g/mol. The largest absolute Gasteiger partial charge is 0.481 e. The molecular weight excluding hydrogens is 307 g/mol. The second kappa shape index (κ2) is 8.91. The van der Waals surface area contributed by atoms with Gasteiger partial charge < -0.3 is 10.8 Å². The lowest BCUT2D eigenvalue weighted by atomic mass is 9.89. The van der Waals surface area contributed by atoms with Gasteiger partial charge in [0.1, 0.15) is 0 Å². The highest BCUT2D eigenvalue weighted by molar-refractivity contribution is 5.70. The molecule has 1 rings (SSSR count). The summed E-state index contributed by atoms with van der Waals surface area (Å²) >= 11 is 0. The third-order valence-corrected chi connectivity index (χ3v) is 4.23. The van der Waals surface area contributed by atoms with Gasteiger partial charge in [-0.05, 0) is 43.2 Å². The zero-order valence-corrected chi connectivity index (χ0v) is 13.3. The first-order chi connectivity index (χ1) is 10.8. The summed E-state index contributed by atoms with van der Waals surface area (Å²) in [5, 5.41) is 8.99. The fraction of sp³-hybridized carbons (Fsp3) is 0.588. The second-order valence-electron chi connectivity index (χ2n) is 5.86. The molecule has 23 heavy (non-hydrogen) atoms. The summed E-state index contributed by atoms with van der Waals surface area (Å²) in [6.45, 7) is 2.12. The van der Waals surface area contributed by atoms with E-state index in [4.69, 9.17) is 10.8 Å². The molecule has 0 aromatic heterocycles. The molecule has 3 N–H and O–H groups in total. The second-order valence-corrected chi connectivity index (χ2v) is 5.86. The minimum Gasteiger partial charge on any atom is -0.481 e. The molecule has 0 radical (unpaired) electrons. The van der Waals surface area contributed by atoms with Crippen LogP contribution in [-0.4, -0.2) is 17.6 Å². The molecule has 0 saturated carbocycles. The van der Waals surface area contributed by atoms with Gasteiger partial charge in [-0.1, -0.05) is 31.5 Å². The van der Waals surface area contributed by atoms with Crippen molar-refractivity contribution in [1.29, 1.82) is 0 Å². The summed E-state index contributed by atoms with van der Waals surface area (Å²) < 4.78 is 38.1. The molecule has 0 amide bonds. The van der Waals surface area contributed by atoms with Crippen LogP contribution in [-0.2, 0) is 17.4 Å². The zero-order chi connectivity index (χ0) is 17.5. The van der Waals surface area contributed by atoms with Gasteiger partial charge >= 0.3 is 12.1 Å². The number of hydrogen-bond donors (Lipinski definition) is 2. The number of carboxylic acids is 1. The number of aliphatic carboxylic acids is 1. The van der Waals surface area contributed by atoms with Crippen molar-refractivity contribution in [3.63, 3.8) is 0 Å². The van der Waals surface area contributed by atoms with E-state index in [1.807, 2.05) is 6.92 Å². The molecule has 0 fully saturated rings. The van der Waals surface area contributed by atoms with E-state index in [1.165, 1.54) is 12.1 Å². The molecule has 0 saturated heterocycles. The Balaban J connectivity index is 2.56. The molecule has 1 aromatic rings. The van der Waals surface area contributed by atoms with Crippen LogP contribution >= 0.6 is 0 Å². The van der Waals surface area contributed by atoms with Gasteiger partial charge in [0.05, 0.1) is 11.5 Å². The number of carboxylic acid groups (broad SMARTS) is 1. The normalized spacial score (nSPS) is 14.5. The number of hydrogen-bond acceptors (Lipinski definition) is 2. The lowest BCUT2D eigenvalue weighted by Crippen LogP contribution is -2.24. The first kappa shape index (κ1) is 19.5. The number of aryl methyl sites for hydroxylation is 1. The van der Waals surface area contributed by atoms with E-state index in [0.717, 1.165) is 25.3 Å². The molecule has 6 heteroatoms. The summed E-state index contributed by atoms with van der Waals surface area (Å²) in [7, 11) is 0. The lowest BCUT2D eigenvalue weighted by molar-refractivity contribution is -0.141. The quantitative estimate of drug-likeness (QED) is 0.716. The Morgan fingerprint density at radius 1 is 1.26 bits per heavy atom. The maximum absolute atomic E-state index is 12.7. The Kier molecular flexibility index (Phi) is 7.55. The van der Waals surface area contributed by atoms with Crippen LogP contribution in [0.15, 0.2) is 24.3 Å². The summed E-state index contributed by atoms with van der Waals surface area (Å²) in [6.07, 6.45) is -0.917. The van der Waals surface area contributed by atoms with E-state index in [9.17, 15) is 18.0 Å². The number of benzene rings is 1. The third kappa shape index (κ3) is 6.60. The van der Waals surface area contributed by atoms with Crippen LogP contribution < -0.4 is 5.73 Å². The van der Waals surface area contributed by atoms with Crippen LogP contribution in [0.3, 0.4) is 0 Å². The van der Waals surface area contributed by atoms with Crippen LogP contribution in [0.5, 0.6) is 0 Å². The van der Waals surface area contributed by atoms with Crippen LogP contribution in [0.25, 0.3) is 0 Å². The Morgan fingerprint density at radius 2 is 1.96 bits per heavy atom.